The topological polar surface area (TPSA) is 116 Å². The molecule has 1 fully saturated rings. The van der Waals surface area contributed by atoms with Crippen molar-refractivity contribution >= 4 is 20.0 Å². The van der Waals surface area contributed by atoms with Gasteiger partial charge in [0.25, 0.3) is 10.1 Å². The lowest BCUT2D eigenvalue weighted by molar-refractivity contribution is -0.0371. The summed E-state index contributed by atoms with van der Waals surface area (Å²) < 4.78 is 64.1. The molecule has 0 aromatic heterocycles. The van der Waals surface area contributed by atoms with Crippen LogP contribution in [-0.2, 0) is 33.6 Å². The largest absolute Gasteiger partial charge is 0.391 e. The van der Waals surface area contributed by atoms with Crippen molar-refractivity contribution < 1.29 is 35.6 Å². The highest BCUT2D eigenvalue weighted by Gasteiger charge is 2.46. The molecule has 164 valence electrons. The predicted octanol–water partition coefficient (Wildman–Crippen LogP) is 1.16. The van der Waals surface area contributed by atoms with E-state index in [2.05, 4.69) is 10.8 Å². The Labute approximate surface area is 172 Å². The number of aliphatic hydroxyl groups is 1. The fourth-order valence-corrected chi connectivity index (χ4v) is 5.60. The Morgan fingerprint density at radius 3 is 2.41 bits per heavy atom. The SMILES string of the molecule is C=CC[C@@H]1O[C@H](C[C@H](O)COS(C)(=O)=O)[C@H](OC)[C@H]1CS(=O)(=O)c1ccccc1. The molecule has 1 aliphatic rings. The molecular weight excluding hydrogens is 420 g/mol. The zero-order valence-corrected chi connectivity index (χ0v) is 18.1. The van der Waals surface area contributed by atoms with Gasteiger partial charge in [-0.15, -0.1) is 6.58 Å². The van der Waals surface area contributed by atoms with Crippen LogP contribution in [0.1, 0.15) is 12.8 Å². The maximum atomic E-state index is 12.9. The molecule has 1 N–H and O–H groups in total. The Hall–Kier alpha value is -1.30. The van der Waals surface area contributed by atoms with E-state index in [-0.39, 0.29) is 17.1 Å². The minimum atomic E-state index is -3.68. The molecule has 8 nitrogen and oxygen atoms in total. The molecule has 1 aromatic carbocycles. The van der Waals surface area contributed by atoms with Crippen molar-refractivity contribution in [3.05, 3.63) is 43.0 Å². The zero-order valence-electron chi connectivity index (χ0n) is 16.5. The van der Waals surface area contributed by atoms with Crippen LogP contribution in [0.5, 0.6) is 0 Å². The highest BCUT2D eigenvalue weighted by molar-refractivity contribution is 7.91. The van der Waals surface area contributed by atoms with Gasteiger partial charge in [-0.2, -0.15) is 8.42 Å². The summed E-state index contributed by atoms with van der Waals surface area (Å²) in [6.45, 7) is 3.29. The van der Waals surface area contributed by atoms with Crippen LogP contribution < -0.4 is 0 Å². The van der Waals surface area contributed by atoms with Gasteiger partial charge in [-0.25, -0.2) is 8.42 Å². The first-order chi connectivity index (χ1) is 13.6. The maximum Gasteiger partial charge on any atom is 0.264 e. The Bertz CT molecular complexity index is 867. The highest BCUT2D eigenvalue weighted by Crippen LogP contribution is 2.35. The predicted molar refractivity (Wildman–Crippen MR) is 108 cm³/mol. The van der Waals surface area contributed by atoms with E-state index in [1.54, 1.807) is 36.4 Å². The Morgan fingerprint density at radius 1 is 1.21 bits per heavy atom. The van der Waals surface area contributed by atoms with E-state index < -0.39 is 56.9 Å². The lowest BCUT2D eigenvalue weighted by atomic mass is 9.94. The van der Waals surface area contributed by atoms with Crippen LogP contribution in [0.15, 0.2) is 47.9 Å². The first-order valence-electron chi connectivity index (χ1n) is 9.17. The van der Waals surface area contributed by atoms with Crippen LogP contribution in [0.4, 0.5) is 0 Å². The molecular formula is C19H28O8S2. The number of aliphatic hydroxyl groups excluding tert-OH is 1. The first-order valence-corrected chi connectivity index (χ1v) is 12.6. The van der Waals surface area contributed by atoms with Crippen LogP contribution >= 0.6 is 0 Å². The van der Waals surface area contributed by atoms with E-state index in [4.69, 9.17) is 9.47 Å². The molecule has 5 atom stereocenters. The lowest BCUT2D eigenvalue weighted by Gasteiger charge is -2.23. The molecule has 0 amide bonds. The molecule has 0 bridgehead atoms. The van der Waals surface area contributed by atoms with Gasteiger partial charge in [-0.1, -0.05) is 24.3 Å². The second kappa shape index (κ2) is 10.1. The third-order valence-corrected chi connectivity index (χ3v) is 7.16. The highest BCUT2D eigenvalue weighted by atomic mass is 32.2. The Kier molecular flexibility index (Phi) is 8.38. The van der Waals surface area contributed by atoms with Crippen molar-refractivity contribution in [3.8, 4) is 0 Å². The Balaban J connectivity index is 2.16. The van der Waals surface area contributed by atoms with Crippen LogP contribution in [0.3, 0.4) is 0 Å². The average molecular weight is 449 g/mol. The van der Waals surface area contributed by atoms with Gasteiger partial charge in [-0.05, 0) is 18.6 Å². The lowest BCUT2D eigenvalue weighted by Crippen LogP contribution is -2.36. The number of methoxy groups -OCH3 is 1. The standard InChI is InChI=1S/C19H28O8S2/c1-4-8-17-16(13-29(23,24)15-9-6-5-7-10-15)19(25-2)18(27-17)11-14(20)12-26-28(3,21)22/h4-7,9-10,14,16-20H,1,8,11-13H2,2-3H3/t14-,16-,17-,18+,19+/m0/s1. The van der Waals surface area contributed by atoms with Crippen LogP contribution in [-0.4, -0.2) is 72.1 Å². The number of benzene rings is 1. The van der Waals surface area contributed by atoms with Gasteiger partial charge >= 0.3 is 0 Å². The summed E-state index contributed by atoms with van der Waals surface area (Å²) in [5.74, 6) is -0.656. The van der Waals surface area contributed by atoms with Crippen molar-refractivity contribution in [2.24, 2.45) is 5.92 Å². The van der Waals surface area contributed by atoms with Crippen molar-refractivity contribution in [1.29, 1.82) is 0 Å². The zero-order chi connectivity index (χ0) is 21.7. The second-order valence-electron chi connectivity index (χ2n) is 7.07. The summed E-state index contributed by atoms with van der Waals surface area (Å²) in [5.41, 5.74) is 0. The third-order valence-electron chi connectivity index (χ3n) is 4.78. The van der Waals surface area contributed by atoms with Gasteiger partial charge in [0.15, 0.2) is 9.84 Å². The molecule has 0 saturated carbocycles. The number of rotatable bonds is 11. The third kappa shape index (κ3) is 6.87. The quantitative estimate of drug-likeness (QED) is 0.396. The molecule has 0 radical (unpaired) electrons. The molecule has 0 unspecified atom stereocenters. The fraction of sp³-hybridized carbons (Fsp3) is 0.579. The van der Waals surface area contributed by atoms with Crippen molar-refractivity contribution in [2.75, 3.05) is 25.7 Å². The van der Waals surface area contributed by atoms with E-state index in [9.17, 15) is 21.9 Å². The number of hydrogen-bond donors (Lipinski definition) is 1. The van der Waals surface area contributed by atoms with E-state index in [0.29, 0.717) is 6.42 Å². The van der Waals surface area contributed by atoms with Crippen LogP contribution in [0.2, 0.25) is 0 Å². The van der Waals surface area contributed by atoms with Gasteiger partial charge in [0.05, 0.1) is 47.9 Å². The molecule has 1 saturated heterocycles. The maximum absolute atomic E-state index is 12.9. The molecule has 1 heterocycles. The minimum absolute atomic E-state index is 0.0452. The van der Waals surface area contributed by atoms with E-state index >= 15 is 0 Å². The Morgan fingerprint density at radius 2 is 1.86 bits per heavy atom. The summed E-state index contributed by atoms with van der Waals surface area (Å²) in [5, 5.41) is 10.1. The number of hydrogen-bond acceptors (Lipinski definition) is 8. The second-order valence-corrected chi connectivity index (χ2v) is 10.8. The normalized spacial score (nSPS) is 26.3. The first kappa shape index (κ1) is 24.0. The van der Waals surface area contributed by atoms with Gasteiger partial charge in [0.2, 0.25) is 0 Å². The van der Waals surface area contributed by atoms with Crippen molar-refractivity contribution in [2.45, 2.75) is 42.2 Å². The summed E-state index contributed by atoms with van der Waals surface area (Å²) in [6, 6.07) is 8.15. The van der Waals surface area contributed by atoms with Crippen LogP contribution in [0.25, 0.3) is 0 Å². The van der Waals surface area contributed by atoms with E-state index in [1.807, 2.05) is 0 Å². The molecule has 0 spiro atoms. The van der Waals surface area contributed by atoms with Gasteiger partial charge in [-0.3, -0.25) is 4.18 Å². The summed E-state index contributed by atoms with van der Waals surface area (Å²) in [6.07, 6.45) is 0.236. The van der Waals surface area contributed by atoms with Gasteiger partial charge < -0.3 is 14.6 Å². The van der Waals surface area contributed by atoms with E-state index in [0.717, 1.165) is 6.26 Å². The van der Waals surface area contributed by atoms with Crippen molar-refractivity contribution in [1.82, 2.24) is 0 Å². The average Bonchev–Trinajstić information content (AvgIpc) is 2.96. The van der Waals surface area contributed by atoms with E-state index in [1.165, 1.54) is 7.11 Å². The summed E-state index contributed by atoms with van der Waals surface area (Å²) >= 11 is 0. The number of sulfone groups is 1. The minimum Gasteiger partial charge on any atom is -0.391 e. The van der Waals surface area contributed by atoms with Gasteiger partial charge in [0, 0.05) is 19.4 Å². The van der Waals surface area contributed by atoms with Crippen molar-refractivity contribution in [3.63, 3.8) is 0 Å². The van der Waals surface area contributed by atoms with Crippen LogP contribution in [0, 0.1) is 5.92 Å². The molecule has 0 aliphatic carbocycles. The fourth-order valence-electron chi connectivity index (χ4n) is 3.52. The van der Waals surface area contributed by atoms with Gasteiger partial charge in [0.1, 0.15) is 0 Å². The summed E-state index contributed by atoms with van der Waals surface area (Å²) in [7, 11) is -5.80. The molecule has 29 heavy (non-hydrogen) atoms. The molecule has 2 rings (SSSR count). The number of ether oxygens (including phenoxy) is 2. The molecule has 1 aliphatic heterocycles. The molecule has 10 heteroatoms. The monoisotopic (exact) mass is 448 g/mol. The summed E-state index contributed by atoms with van der Waals surface area (Å²) in [4.78, 5) is 0.220. The molecule has 1 aromatic rings. The smallest absolute Gasteiger partial charge is 0.264 e.